The summed E-state index contributed by atoms with van der Waals surface area (Å²) < 4.78 is 0. The molecule has 0 rings (SSSR count). The van der Waals surface area contributed by atoms with E-state index in [2.05, 4.69) is 46.6 Å². The standard InChI is InChI=1S/C7H12.C3H8.2C2H6.C2H4/c1-5-7(4)6(2)3;1-3-2;3*1-2/h5H,2H2,1,3-4H3;3H2,1-2H3;2*1-2H3;1-2H2/b7-5-;;;;. The van der Waals surface area contributed by atoms with Gasteiger partial charge in [0.15, 0.2) is 0 Å². The first-order valence-corrected chi connectivity index (χ1v) is 6.38. The minimum Gasteiger partial charge on any atom is -0.106 e. The van der Waals surface area contributed by atoms with E-state index in [0.29, 0.717) is 0 Å². The highest BCUT2D eigenvalue weighted by atomic mass is 13.9. The number of hydrogen-bond donors (Lipinski definition) is 0. The van der Waals surface area contributed by atoms with Gasteiger partial charge in [-0.2, -0.15) is 0 Å². The van der Waals surface area contributed by atoms with Gasteiger partial charge in [-0.1, -0.05) is 71.8 Å². The lowest BCUT2D eigenvalue weighted by atomic mass is 10.2. The van der Waals surface area contributed by atoms with Gasteiger partial charge in [-0.05, 0) is 20.8 Å². The van der Waals surface area contributed by atoms with Crippen LogP contribution in [0.2, 0.25) is 0 Å². The molecule has 0 fully saturated rings. The van der Waals surface area contributed by atoms with Crippen molar-refractivity contribution in [3.63, 3.8) is 0 Å². The SMILES string of the molecule is C=C.C=C(C)/C(C)=C\C.CC.CC.CCC. The van der Waals surface area contributed by atoms with Crippen molar-refractivity contribution in [2.45, 2.75) is 68.7 Å². The monoisotopic (exact) mass is 228 g/mol. The molecule has 0 spiro atoms. The second-order valence-corrected chi connectivity index (χ2v) is 2.46. The quantitative estimate of drug-likeness (QED) is 0.342. The van der Waals surface area contributed by atoms with Gasteiger partial charge in [0.1, 0.15) is 0 Å². The largest absolute Gasteiger partial charge is 0.106 e. The Bertz CT molecular complexity index is 118. The normalized spacial score (nSPS) is 7.19. The zero-order valence-electron chi connectivity index (χ0n) is 13.4. The van der Waals surface area contributed by atoms with Crippen LogP contribution in [-0.2, 0) is 0 Å². The Morgan fingerprint density at radius 2 is 1.12 bits per heavy atom. The van der Waals surface area contributed by atoms with Crippen LogP contribution >= 0.6 is 0 Å². The van der Waals surface area contributed by atoms with Crippen LogP contribution in [0.4, 0.5) is 0 Å². The van der Waals surface area contributed by atoms with Gasteiger partial charge in [0.2, 0.25) is 0 Å². The fraction of sp³-hybridized carbons (Fsp3) is 0.625. The fourth-order valence-electron chi connectivity index (χ4n) is 0.246. The zero-order chi connectivity index (χ0) is 14.6. The van der Waals surface area contributed by atoms with Gasteiger partial charge in [-0.3, -0.25) is 0 Å². The minimum atomic E-state index is 1.16. The lowest BCUT2D eigenvalue weighted by Gasteiger charge is -1.92. The summed E-state index contributed by atoms with van der Waals surface area (Å²) in [6.07, 6.45) is 3.31. The zero-order valence-corrected chi connectivity index (χ0v) is 13.4. The summed E-state index contributed by atoms with van der Waals surface area (Å²) in [5, 5.41) is 0. The smallest absolute Gasteiger partial charge is 0.0399 e. The van der Waals surface area contributed by atoms with Crippen molar-refractivity contribution < 1.29 is 0 Å². The highest BCUT2D eigenvalue weighted by molar-refractivity contribution is 5.22. The van der Waals surface area contributed by atoms with Crippen molar-refractivity contribution in [1.82, 2.24) is 0 Å². The highest BCUT2D eigenvalue weighted by Gasteiger charge is 1.81. The van der Waals surface area contributed by atoms with E-state index in [1.165, 1.54) is 12.0 Å². The molecule has 0 heterocycles. The Balaban J connectivity index is -0.0000000379. The molecule has 0 bridgehead atoms. The van der Waals surface area contributed by atoms with E-state index < -0.39 is 0 Å². The summed E-state index contributed by atoms with van der Waals surface area (Å²) >= 11 is 0. The Kier molecular flexibility index (Phi) is 87.8. The van der Waals surface area contributed by atoms with Crippen LogP contribution in [0.25, 0.3) is 0 Å². The predicted octanol–water partition coefficient (Wildman–Crippen LogP) is 6.80. The maximum atomic E-state index is 3.76. The van der Waals surface area contributed by atoms with E-state index in [1.54, 1.807) is 0 Å². The van der Waals surface area contributed by atoms with Crippen molar-refractivity contribution in [3.8, 4) is 0 Å². The Morgan fingerprint density at radius 3 is 1.12 bits per heavy atom. The Labute approximate surface area is 106 Å². The molecule has 0 amide bonds. The summed E-state index contributed by atoms with van der Waals surface area (Å²) in [7, 11) is 0. The van der Waals surface area contributed by atoms with E-state index >= 15 is 0 Å². The van der Waals surface area contributed by atoms with Gasteiger partial charge in [0, 0.05) is 0 Å². The Hall–Kier alpha value is -0.780. The predicted molar refractivity (Wildman–Crippen MR) is 84.2 cm³/mol. The van der Waals surface area contributed by atoms with Gasteiger partial charge in [-0.25, -0.2) is 0 Å². The summed E-state index contributed by atoms with van der Waals surface area (Å²) in [6, 6.07) is 0. The van der Waals surface area contributed by atoms with Crippen LogP contribution in [0.3, 0.4) is 0 Å². The number of hydrogen-bond acceptors (Lipinski definition) is 0. The topological polar surface area (TPSA) is 0 Å². The van der Waals surface area contributed by atoms with Gasteiger partial charge in [0.05, 0.1) is 0 Å². The van der Waals surface area contributed by atoms with Crippen LogP contribution in [0.5, 0.6) is 0 Å². The fourth-order valence-corrected chi connectivity index (χ4v) is 0.246. The van der Waals surface area contributed by atoms with E-state index in [0.717, 1.165) is 5.57 Å². The lowest BCUT2D eigenvalue weighted by Crippen LogP contribution is -1.71. The molecule has 0 saturated carbocycles. The second kappa shape index (κ2) is 47.7. The molecule has 0 aliphatic rings. The van der Waals surface area contributed by atoms with E-state index in [9.17, 15) is 0 Å². The first-order chi connectivity index (χ1) is 7.59. The molecule has 0 radical (unpaired) electrons. The average molecular weight is 228 g/mol. The molecule has 0 unspecified atom stereocenters. The van der Waals surface area contributed by atoms with E-state index in [4.69, 9.17) is 0 Å². The first-order valence-electron chi connectivity index (χ1n) is 6.38. The molecule has 0 saturated heterocycles. The Morgan fingerprint density at radius 1 is 0.938 bits per heavy atom. The molecule has 0 aromatic carbocycles. The van der Waals surface area contributed by atoms with Crippen LogP contribution in [0.1, 0.15) is 68.7 Å². The van der Waals surface area contributed by atoms with Crippen molar-refractivity contribution in [2.75, 3.05) is 0 Å². The molecular formula is C16H36. The molecule has 16 heavy (non-hydrogen) atoms. The maximum Gasteiger partial charge on any atom is -0.0399 e. The van der Waals surface area contributed by atoms with Gasteiger partial charge in [0.25, 0.3) is 0 Å². The lowest BCUT2D eigenvalue weighted by molar-refractivity contribution is 1.09. The summed E-state index contributed by atoms with van der Waals surface area (Å²) in [6.45, 7) is 28.1. The summed E-state index contributed by atoms with van der Waals surface area (Å²) in [5.41, 5.74) is 2.43. The average Bonchev–Trinajstić information content (AvgIpc) is 2.36. The van der Waals surface area contributed by atoms with Crippen molar-refractivity contribution in [2.24, 2.45) is 0 Å². The molecule has 0 aromatic heterocycles. The van der Waals surface area contributed by atoms with Crippen LogP contribution in [0, 0.1) is 0 Å². The van der Waals surface area contributed by atoms with Crippen LogP contribution in [-0.4, -0.2) is 0 Å². The van der Waals surface area contributed by atoms with Gasteiger partial charge >= 0.3 is 0 Å². The first kappa shape index (κ1) is 29.5. The van der Waals surface area contributed by atoms with Crippen molar-refractivity contribution in [1.29, 1.82) is 0 Å². The molecule has 100 valence electrons. The maximum absolute atomic E-state index is 3.76. The third-order valence-corrected chi connectivity index (χ3v) is 1.11. The molecule has 0 aliphatic heterocycles. The molecule has 0 aliphatic carbocycles. The van der Waals surface area contributed by atoms with Crippen LogP contribution < -0.4 is 0 Å². The van der Waals surface area contributed by atoms with E-state index in [-0.39, 0.29) is 0 Å². The van der Waals surface area contributed by atoms with Crippen LogP contribution in [0.15, 0.2) is 37.0 Å². The van der Waals surface area contributed by atoms with Crippen molar-refractivity contribution >= 4 is 0 Å². The molecule has 0 heteroatoms. The number of rotatable bonds is 1. The third-order valence-electron chi connectivity index (χ3n) is 1.11. The minimum absolute atomic E-state index is 1.16. The molecule has 0 N–H and O–H groups in total. The van der Waals surface area contributed by atoms with Crippen molar-refractivity contribution in [3.05, 3.63) is 37.0 Å². The number of allylic oxidation sites excluding steroid dienone is 3. The second-order valence-electron chi connectivity index (χ2n) is 2.46. The molecule has 0 atom stereocenters. The molecule has 0 nitrogen and oxygen atoms in total. The third kappa shape index (κ3) is 72.4. The summed E-state index contributed by atoms with van der Waals surface area (Å²) in [4.78, 5) is 0. The highest BCUT2D eigenvalue weighted by Crippen LogP contribution is 2.02. The van der Waals surface area contributed by atoms with Gasteiger partial charge < -0.3 is 0 Å². The molecular weight excluding hydrogens is 192 g/mol. The van der Waals surface area contributed by atoms with E-state index in [1.807, 2.05) is 41.5 Å². The summed E-state index contributed by atoms with van der Waals surface area (Å²) in [5.74, 6) is 0. The molecule has 0 aromatic rings. The van der Waals surface area contributed by atoms with Gasteiger partial charge in [-0.15, -0.1) is 13.2 Å².